The number of aliphatic hydroxyl groups excluding tert-OH is 1. The number of carbonyl (C=O) groups excluding carboxylic acids is 4. The van der Waals surface area contributed by atoms with E-state index in [0.29, 0.717) is 43.0 Å². The van der Waals surface area contributed by atoms with Crippen molar-refractivity contribution in [2.45, 2.75) is 155 Å². The molecule has 0 spiro atoms. The molecular weight excluding hydrogens is 893 g/mol. The van der Waals surface area contributed by atoms with Crippen LogP contribution in [-0.4, -0.2) is 91.8 Å². The standard InChI is InChI=1S/C53H72N8O7S/c1-35-46(69-34-57-35)37-23-21-36(22-24-37)27-55-49(66)41-25-38(62)28-61(41)50(67)47(51(2,3)4)58-45(65)20-14-12-10-8-6-5-7-9-11-13-19-44(64)56-32-52-29-53(30-52,31-52)33-68-43-26-40(59-60-48(43)54)39-17-15-16-18-42(39)63/h15-18,21-24,26,34,38,41,47,62-63H,5-14,19-20,25,27-33H2,1-4H3,(H2,54,60)(H,55,66)(H,56,64)(H,58,65)/t38-,41+,47-,52?,53?/m1/s1. The fraction of sp³-hybridized carbons (Fsp3) is 0.566. The summed E-state index contributed by atoms with van der Waals surface area (Å²) in [5.74, 6) is 0.0645. The van der Waals surface area contributed by atoms with E-state index in [1.54, 1.807) is 35.6 Å². The van der Waals surface area contributed by atoms with Gasteiger partial charge in [-0.15, -0.1) is 21.5 Å². The summed E-state index contributed by atoms with van der Waals surface area (Å²) in [7, 11) is 0. The second-order valence-electron chi connectivity index (χ2n) is 21.1. The summed E-state index contributed by atoms with van der Waals surface area (Å²) in [6.07, 6.45) is 13.6. The monoisotopic (exact) mass is 965 g/mol. The molecule has 8 rings (SSSR count). The molecule has 0 radical (unpaired) electrons. The van der Waals surface area contributed by atoms with Gasteiger partial charge in [-0.3, -0.25) is 19.2 Å². The van der Waals surface area contributed by atoms with Gasteiger partial charge in [0.2, 0.25) is 23.6 Å². The van der Waals surface area contributed by atoms with Crippen molar-refractivity contribution >= 4 is 40.8 Å². The highest BCUT2D eigenvalue weighted by Crippen LogP contribution is 2.73. The molecule has 69 heavy (non-hydrogen) atoms. The Kier molecular flexibility index (Phi) is 17.0. The minimum Gasteiger partial charge on any atom is -0.507 e. The summed E-state index contributed by atoms with van der Waals surface area (Å²) in [6.45, 7) is 9.25. The third-order valence-electron chi connectivity index (χ3n) is 14.2. The number of likely N-dealkylation sites (tertiary alicyclic amines) is 1. The second kappa shape index (κ2) is 22.9. The molecule has 4 fully saturated rings. The SMILES string of the molecule is Cc1ncsc1-c1ccc(CNC(=O)[C@@H]2C[C@@H](O)CN2C(=O)[C@@H](NC(=O)CCCCCCCCCCCCC(=O)NCC23CC(COc4cc(-c5ccccc5O)nnc4N)(C2)C3)C(C)(C)C)cc1. The van der Waals surface area contributed by atoms with Crippen LogP contribution in [-0.2, 0) is 25.7 Å². The number of hydrogen-bond donors (Lipinski definition) is 6. The quantitative estimate of drug-likeness (QED) is 0.0349. The number of aromatic hydroxyl groups is 1. The molecule has 7 N–H and O–H groups in total. The Labute approximate surface area is 410 Å². The number of aromatic nitrogens is 3. The molecule has 3 aliphatic carbocycles. The number of aryl methyl sites for hydroxylation is 1. The van der Waals surface area contributed by atoms with E-state index in [4.69, 9.17) is 10.5 Å². The molecule has 3 heterocycles. The highest BCUT2D eigenvalue weighted by Gasteiger charge is 2.67. The molecule has 4 amide bonds. The number of para-hydroxylation sites is 1. The van der Waals surface area contributed by atoms with E-state index in [-0.39, 0.29) is 65.5 Å². The number of carbonyl (C=O) groups is 4. The molecule has 2 aromatic carbocycles. The molecule has 0 unspecified atom stereocenters. The third-order valence-corrected chi connectivity index (χ3v) is 15.2. The fourth-order valence-corrected chi connectivity index (χ4v) is 11.3. The summed E-state index contributed by atoms with van der Waals surface area (Å²) in [5.41, 5.74) is 11.6. The maximum atomic E-state index is 14.0. The molecular formula is C53H72N8O7S. The molecule has 372 valence electrons. The largest absolute Gasteiger partial charge is 0.507 e. The summed E-state index contributed by atoms with van der Waals surface area (Å²) >= 11 is 1.59. The first kappa shape index (κ1) is 51.2. The normalized spacial score (nSPS) is 20.9. The van der Waals surface area contributed by atoms with Crippen molar-refractivity contribution in [2.24, 2.45) is 16.2 Å². The van der Waals surface area contributed by atoms with Crippen LogP contribution in [0.5, 0.6) is 11.5 Å². The summed E-state index contributed by atoms with van der Waals surface area (Å²) in [6, 6.07) is 15.0. The van der Waals surface area contributed by atoms with Gasteiger partial charge in [0.05, 0.1) is 28.8 Å². The van der Waals surface area contributed by atoms with Crippen LogP contribution in [0.4, 0.5) is 5.82 Å². The predicted octanol–water partition coefficient (Wildman–Crippen LogP) is 8.02. The Morgan fingerprint density at radius 1 is 0.870 bits per heavy atom. The molecule has 4 aliphatic rings. The number of phenolic OH excluding ortho intramolecular Hbond substituents is 1. The second-order valence-corrected chi connectivity index (χ2v) is 21.9. The molecule has 2 aromatic heterocycles. The Morgan fingerprint density at radius 3 is 2.13 bits per heavy atom. The first-order valence-electron chi connectivity index (χ1n) is 24.9. The molecule has 3 atom stereocenters. The van der Waals surface area contributed by atoms with Gasteiger partial charge in [0.25, 0.3) is 0 Å². The molecule has 16 heteroatoms. The molecule has 1 aliphatic heterocycles. The van der Waals surface area contributed by atoms with Crippen LogP contribution in [0.25, 0.3) is 21.7 Å². The van der Waals surface area contributed by atoms with E-state index < -0.39 is 23.6 Å². The van der Waals surface area contributed by atoms with Crippen LogP contribution in [0.3, 0.4) is 0 Å². The first-order chi connectivity index (χ1) is 33.0. The van der Waals surface area contributed by atoms with Crippen LogP contribution >= 0.6 is 11.3 Å². The lowest BCUT2D eigenvalue weighted by molar-refractivity contribution is -0.215. The zero-order valence-corrected chi connectivity index (χ0v) is 41.7. The van der Waals surface area contributed by atoms with E-state index in [2.05, 4.69) is 31.1 Å². The van der Waals surface area contributed by atoms with Crippen LogP contribution in [0.1, 0.15) is 135 Å². The molecule has 4 aromatic rings. The van der Waals surface area contributed by atoms with Crippen LogP contribution < -0.4 is 26.4 Å². The van der Waals surface area contributed by atoms with Gasteiger partial charge in [-0.1, -0.05) is 109 Å². The Bertz CT molecular complexity index is 2380. The number of anilines is 1. The number of ether oxygens (including phenoxy) is 1. The zero-order chi connectivity index (χ0) is 49.2. The van der Waals surface area contributed by atoms with Gasteiger partial charge < -0.3 is 41.5 Å². The number of nitrogens with two attached hydrogens (primary N) is 1. The average Bonchev–Trinajstić information content (AvgIpc) is 3.92. The number of thiazole rings is 1. The number of nitrogen functional groups attached to an aromatic ring is 1. The Morgan fingerprint density at radius 2 is 1.51 bits per heavy atom. The number of β-amino-alcohol motifs (C(OH)–C–C–N with tert-alkyl or cyclic N) is 1. The van der Waals surface area contributed by atoms with Crippen molar-refractivity contribution in [3.05, 3.63) is 71.4 Å². The number of nitrogens with one attached hydrogen (secondary N) is 3. The summed E-state index contributed by atoms with van der Waals surface area (Å²) < 4.78 is 6.12. The Balaban J connectivity index is 0.700. The van der Waals surface area contributed by atoms with E-state index >= 15 is 0 Å². The van der Waals surface area contributed by atoms with Gasteiger partial charge in [0.1, 0.15) is 23.5 Å². The maximum absolute atomic E-state index is 14.0. The minimum absolute atomic E-state index is 0.0386. The van der Waals surface area contributed by atoms with Gasteiger partial charge in [-0.2, -0.15) is 0 Å². The molecule has 2 bridgehead atoms. The lowest BCUT2D eigenvalue weighted by Gasteiger charge is -2.70. The summed E-state index contributed by atoms with van der Waals surface area (Å²) in [5, 5.41) is 38.1. The van der Waals surface area contributed by atoms with Crippen molar-refractivity contribution in [3.8, 4) is 33.2 Å². The highest BCUT2D eigenvalue weighted by atomic mass is 32.1. The Hall–Kier alpha value is -5.61. The number of benzene rings is 2. The van der Waals surface area contributed by atoms with Crippen LogP contribution in [0, 0.1) is 23.2 Å². The number of nitrogens with zero attached hydrogens (tertiary/aromatic N) is 4. The predicted molar refractivity (Wildman–Crippen MR) is 268 cm³/mol. The topological polar surface area (TPSA) is 222 Å². The number of hydrogen-bond acceptors (Lipinski definition) is 12. The van der Waals surface area contributed by atoms with Gasteiger partial charge in [0.15, 0.2) is 11.6 Å². The average molecular weight is 965 g/mol. The van der Waals surface area contributed by atoms with Gasteiger partial charge in [-0.05, 0) is 73.1 Å². The van der Waals surface area contributed by atoms with Crippen molar-refractivity contribution in [3.63, 3.8) is 0 Å². The first-order valence-corrected chi connectivity index (χ1v) is 25.8. The van der Waals surface area contributed by atoms with E-state index in [1.807, 2.05) is 63.5 Å². The maximum Gasteiger partial charge on any atom is 0.246 e. The van der Waals surface area contributed by atoms with Gasteiger partial charge in [0, 0.05) is 55.9 Å². The number of amides is 4. The van der Waals surface area contributed by atoms with Gasteiger partial charge in [-0.25, -0.2) is 4.98 Å². The number of phenols is 1. The number of rotatable bonds is 25. The molecule has 3 saturated carbocycles. The van der Waals surface area contributed by atoms with Gasteiger partial charge >= 0.3 is 0 Å². The smallest absolute Gasteiger partial charge is 0.246 e. The van der Waals surface area contributed by atoms with Crippen molar-refractivity contribution < 1.29 is 34.1 Å². The van der Waals surface area contributed by atoms with E-state index in [9.17, 15) is 29.4 Å². The molecule has 1 saturated heterocycles. The minimum atomic E-state index is -0.840. The number of unbranched alkanes of at least 4 members (excludes halogenated alkanes) is 9. The van der Waals surface area contributed by atoms with E-state index in [1.165, 1.54) is 4.90 Å². The van der Waals surface area contributed by atoms with Crippen LogP contribution in [0.15, 0.2) is 60.1 Å². The lowest BCUT2D eigenvalue weighted by Crippen LogP contribution is -2.67. The molecule has 15 nitrogen and oxygen atoms in total. The van der Waals surface area contributed by atoms with Crippen LogP contribution in [0.2, 0.25) is 0 Å². The zero-order valence-electron chi connectivity index (χ0n) is 40.9. The van der Waals surface area contributed by atoms with Crippen molar-refractivity contribution in [1.82, 2.24) is 36.0 Å². The van der Waals surface area contributed by atoms with Crippen molar-refractivity contribution in [2.75, 3.05) is 25.4 Å². The van der Waals surface area contributed by atoms with Crippen molar-refractivity contribution in [1.29, 1.82) is 0 Å². The number of aliphatic hydroxyl groups is 1. The highest BCUT2D eigenvalue weighted by molar-refractivity contribution is 7.13. The van der Waals surface area contributed by atoms with E-state index in [0.717, 1.165) is 105 Å². The lowest BCUT2D eigenvalue weighted by atomic mass is 9.35. The fourth-order valence-electron chi connectivity index (χ4n) is 10.5. The summed E-state index contributed by atoms with van der Waals surface area (Å²) in [4.78, 5) is 60.1. The third kappa shape index (κ3) is 13.4.